The summed E-state index contributed by atoms with van der Waals surface area (Å²) in [5.74, 6) is 0. The zero-order chi connectivity index (χ0) is 13.5. The number of aryl methyl sites for hydroxylation is 1. The summed E-state index contributed by atoms with van der Waals surface area (Å²) in [5, 5.41) is 15.5. The molecule has 0 fully saturated rings. The molecule has 19 heavy (non-hydrogen) atoms. The fourth-order valence-corrected chi connectivity index (χ4v) is 3.05. The molecule has 1 aliphatic rings. The molecule has 1 aromatic heterocycles. The zero-order valence-electron chi connectivity index (χ0n) is 11.1. The van der Waals surface area contributed by atoms with Crippen molar-refractivity contribution in [2.24, 2.45) is 5.73 Å². The van der Waals surface area contributed by atoms with Gasteiger partial charge in [0.2, 0.25) is 0 Å². The van der Waals surface area contributed by atoms with E-state index in [0.29, 0.717) is 6.42 Å². The number of hydrogen-bond donors (Lipinski definition) is 2. The lowest BCUT2D eigenvalue weighted by Gasteiger charge is -2.25. The second-order valence-corrected chi connectivity index (χ2v) is 5.20. The number of aromatic nitrogens is 2. The molecule has 1 heterocycles. The largest absolute Gasteiger partial charge is 0.379 e. The highest BCUT2D eigenvalue weighted by molar-refractivity contribution is 5.45. The quantitative estimate of drug-likeness (QED) is 0.883. The topological polar surface area (TPSA) is 64.1 Å². The van der Waals surface area contributed by atoms with Gasteiger partial charge in [0.1, 0.15) is 5.60 Å². The third-order valence-corrected chi connectivity index (χ3v) is 3.90. The van der Waals surface area contributed by atoms with Gasteiger partial charge in [-0.15, -0.1) is 0 Å². The molecule has 2 atom stereocenters. The zero-order valence-corrected chi connectivity index (χ0v) is 11.1. The maximum Gasteiger partial charge on any atom is 0.133 e. The van der Waals surface area contributed by atoms with Crippen molar-refractivity contribution in [1.29, 1.82) is 0 Å². The fourth-order valence-electron chi connectivity index (χ4n) is 3.05. The summed E-state index contributed by atoms with van der Waals surface area (Å²) in [5.41, 5.74) is 7.95. The van der Waals surface area contributed by atoms with Gasteiger partial charge in [-0.25, -0.2) is 0 Å². The summed E-state index contributed by atoms with van der Waals surface area (Å²) < 4.78 is 1.88. The van der Waals surface area contributed by atoms with Crippen LogP contribution in [0.25, 0.3) is 0 Å². The lowest BCUT2D eigenvalue weighted by molar-refractivity contribution is 0.0675. The highest BCUT2D eigenvalue weighted by atomic mass is 16.3. The molecule has 0 amide bonds. The minimum atomic E-state index is -1.01. The number of nitrogens with zero attached hydrogens (tertiary/aromatic N) is 2. The van der Waals surface area contributed by atoms with E-state index < -0.39 is 5.60 Å². The Labute approximate surface area is 112 Å². The summed E-state index contributed by atoms with van der Waals surface area (Å²) >= 11 is 0. The van der Waals surface area contributed by atoms with E-state index in [1.807, 2.05) is 35.0 Å². The minimum absolute atomic E-state index is 0.119. The van der Waals surface area contributed by atoms with Gasteiger partial charge in [-0.1, -0.05) is 31.2 Å². The molecule has 4 heteroatoms. The number of aliphatic hydroxyl groups is 1. The number of rotatable bonds is 3. The van der Waals surface area contributed by atoms with E-state index in [4.69, 9.17) is 5.73 Å². The Hall–Kier alpha value is -1.65. The van der Waals surface area contributed by atoms with E-state index in [1.54, 1.807) is 6.20 Å². The van der Waals surface area contributed by atoms with Gasteiger partial charge < -0.3 is 10.8 Å². The van der Waals surface area contributed by atoms with E-state index in [0.717, 1.165) is 29.8 Å². The Kier molecular flexibility index (Phi) is 2.92. The second-order valence-electron chi connectivity index (χ2n) is 5.20. The highest BCUT2D eigenvalue weighted by Crippen LogP contribution is 2.45. The van der Waals surface area contributed by atoms with Gasteiger partial charge in [0.15, 0.2) is 0 Å². The van der Waals surface area contributed by atoms with Gasteiger partial charge in [-0.3, -0.25) is 4.68 Å². The van der Waals surface area contributed by atoms with Crippen molar-refractivity contribution < 1.29 is 5.11 Å². The van der Waals surface area contributed by atoms with Crippen LogP contribution >= 0.6 is 0 Å². The predicted molar refractivity (Wildman–Crippen MR) is 73.5 cm³/mol. The van der Waals surface area contributed by atoms with Crippen LogP contribution in [0.3, 0.4) is 0 Å². The average molecular weight is 257 g/mol. The Morgan fingerprint density at radius 1 is 1.42 bits per heavy atom. The molecular weight excluding hydrogens is 238 g/mol. The summed E-state index contributed by atoms with van der Waals surface area (Å²) in [6.45, 7) is 2.91. The molecule has 100 valence electrons. The average Bonchev–Trinajstić information content (AvgIpc) is 2.96. The van der Waals surface area contributed by atoms with Crippen LogP contribution in [0.5, 0.6) is 0 Å². The lowest BCUT2D eigenvalue weighted by atomic mass is 9.92. The van der Waals surface area contributed by atoms with Crippen LogP contribution in [0, 0.1) is 0 Å². The maximum atomic E-state index is 11.1. The van der Waals surface area contributed by atoms with E-state index in [2.05, 4.69) is 12.0 Å². The second kappa shape index (κ2) is 4.47. The van der Waals surface area contributed by atoms with Gasteiger partial charge in [-0.05, 0) is 23.6 Å². The van der Waals surface area contributed by atoms with Crippen LogP contribution in [-0.2, 0) is 12.1 Å². The Bertz CT molecular complexity index is 593. The Morgan fingerprint density at radius 3 is 3.00 bits per heavy atom. The highest BCUT2D eigenvalue weighted by Gasteiger charge is 2.44. The van der Waals surface area contributed by atoms with E-state index >= 15 is 0 Å². The third kappa shape index (κ3) is 1.79. The summed E-state index contributed by atoms with van der Waals surface area (Å²) in [6.07, 6.45) is 3.25. The van der Waals surface area contributed by atoms with Crippen LogP contribution in [0.1, 0.15) is 42.6 Å². The molecule has 4 nitrogen and oxygen atoms in total. The molecule has 3 N–H and O–H groups in total. The monoisotopic (exact) mass is 257 g/mol. The van der Waals surface area contributed by atoms with Crippen LogP contribution in [0.15, 0.2) is 36.5 Å². The first-order chi connectivity index (χ1) is 9.16. The standard InChI is InChI=1S/C15H19N3O/c1-2-9-18-14(7-8-17-18)15(19)10-13(16)11-5-3-4-6-12(11)15/h3-8,13,19H,2,9-10,16H2,1H3. The normalized spacial score (nSPS) is 25.5. The van der Waals surface area contributed by atoms with Crippen molar-refractivity contribution in [3.05, 3.63) is 53.3 Å². The first kappa shape index (κ1) is 12.4. The molecule has 0 bridgehead atoms. The van der Waals surface area contributed by atoms with Gasteiger partial charge in [0.05, 0.1) is 5.69 Å². The first-order valence-electron chi connectivity index (χ1n) is 6.76. The van der Waals surface area contributed by atoms with Crippen molar-refractivity contribution >= 4 is 0 Å². The molecular formula is C15H19N3O. The smallest absolute Gasteiger partial charge is 0.133 e. The summed E-state index contributed by atoms with van der Waals surface area (Å²) in [7, 11) is 0. The molecule has 0 saturated heterocycles. The predicted octanol–water partition coefficient (Wildman–Crippen LogP) is 1.93. The number of fused-ring (bicyclic) bond motifs is 1. The molecule has 2 unspecified atom stereocenters. The first-order valence-corrected chi connectivity index (χ1v) is 6.76. The van der Waals surface area contributed by atoms with Gasteiger partial charge in [-0.2, -0.15) is 5.10 Å². The van der Waals surface area contributed by atoms with Crippen LogP contribution in [0.2, 0.25) is 0 Å². The third-order valence-electron chi connectivity index (χ3n) is 3.90. The van der Waals surface area contributed by atoms with Crippen molar-refractivity contribution in [3.8, 4) is 0 Å². The fraction of sp³-hybridized carbons (Fsp3) is 0.400. The number of nitrogens with two attached hydrogens (primary N) is 1. The van der Waals surface area contributed by atoms with Crippen molar-refractivity contribution in [3.63, 3.8) is 0 Å². The summed E-state index contributed by atoms with van der Waals surface area (Å²) in [6, 6.07) is 9.65. The van der Waals surface area contributed by atoms with Crippen LogP contribution in [0.4, 0.5) is 0 Å². The number of hydrogen-bond acceptors (Lipinski definition) is 3. The van der Waals surface area contributed by atoms with Gasteiger partial charge >= 0.3 is 0 Å². The Balaban J connectivity index is 2.12. The number of benzene rings is 1. The summed E-state index contributed by atoms with van der Waals surface area (Å²) in [4.78, 5) is 0. The molecule has 0 saturated carbocycles. The molecule has 3 rings (SSSR count). The lowest BCUT2D eigenvalue weighted by Crippen LogP contribution is -2.29. The van der Waals surface area contributed by atoms with E-state index in [-0.39, 0.29) is 6.04 Å². The minimum Gasteiger partial charge on any atom is -0.379 e. The van der Waals surface area contributed by atoms with E-state index in [1.165, 1.54) is 0 Å². The molecule has 2 aromatic rings. The van der Waals surface area contributed by atoms with Crippen LogP contribution in [-0.4, -0.2) is 14.9 Å². The van der Waals surface area contributed by atoms with E-state index in [9.17, 15) is 5.11 Å². The maximum absolute atomic E-state index is 11.1. The van der Waals surface area contributed by atoms with Crippen molar-refractivity contribution in [1.82, 2.24) is 9.78 Å². The molecule has 0 aliphatic heterocycles. The van der Waals surface area contributed by atoms with Gasteiger partial charge in [0.25, 0.3) is 0 Å². The molecule has 1 aromatic carbocycles. The van der Waals surface area contributed by atoms with Crippen molar-refractivity contribution in [2.45, 2.75) is 38.0 Å². The Morgan fingerprint density at radius 2 is 2.21 bits per heavy atom. The van der Waals surface area contributed by atoms with Crippen LogP contribution < -0.4 is 5.73 Å². The molecule has 0 radical (unpaired) electrons. The van der Waals surface area contributed by atoms with Crippen molar-refractivity contribution in [2.75, 3.05) is 0 Å². The molecule has 1 aliphatic carbocycles. The molecule has 0 spiro atoms. The SMILES string of the molecule is CCCn1nccc1C1(O)CC(N)c2ccccc21. The van der Waals surface area contributed by atoms with Gasteiger partial charge in [0, 0.05) is 25.2 Å².